The zero-order valence-corrected chi connectivity index (χ0v) is 12.2. The molecule has 0 unspecified atom stereocenters. The van der Waals surface area contributed by atoms with Gasteiger partial charge < -0.3 is 4.74 Å². The van der Waals surface area contributed by atoms with Gasteiger partial charge in [-0.1, -0.05) is 31.3 Å². The summed E-state index contributed by atoms with van der Waals surface area (Å²) in [7, 11) is -1.73. The van der Waals surface area contributed by atoms with E-state index in [0.717, 1.165) is 11.5 Å². The first-order valence-corrected chi connectivity index (χ1v) is 9.26. The number of para-hydroxylation sites is 1. The average Bonchev–Trinajstić information content (AvgIpc) is 2.32. The van der Waals surface area contributed by atoms with E-state index in [1.165, 1.54) is 21.6 Å². The second kappa shape index (κ2) is 3.69. The Hall–Kier alpha value is -1.61. The van der Waals surface area contributed by atoms with Crippen molar-refractivity contribution >= 4 is 18.6 Å². The van der Waals surface area contributed by atoms with Crippen molar-refractivity contribution in [3.05, 3.63) is 41.6 Å². The highest BCUT2D eigenvalue weighted by Crippen LogP contribution is 2.32. The largest absolute Gasteiger partial charge is 0.455 e. The summed E-state index contributed by atoms with van der Waals surface area (Å²) in [5.41, 5.74) is 2.39. The molecule has 0 saturated carbocycles. The van der Waals surface area contributed by atoms with Gasteiger partial charge in [0.25, 0.3) is 0 Å². The molecule has 1 aliphatic heterocycles. The topological polar surface area (TPSA) is 22.1 Å². The molecule has 0 saturated heterocycles. The van der Waals surface area contributed by atoms with Crippen molar-refractivity contribution < 1.29 is 4.74 Å². The minimum Gasteiger partial charge on any atom is -0.455 e. The van der Waals surface area contributed by atoms with Gasteiger partial charge in [0, 0.05) is 6.20 Å². The van der Waals surface area contributed by atoms with Gasteiger partial charge in [0.05, 0.1) is 5.32 Å². The number of hydrogen-bond acceptors (Lipinski definition) is 2. The minimum atomic E-state index is -1.73. The molecule has 0 radical (unpaired) electrons. The third-order valence-electron chi connectivity index (χ3n) is 3.78. The van der Waals surface area contributed by atoms with Crippen LogP contribution in [-0.2, 0) is 0 Å². The Balaban J connectivity index is 2.33. The molecule has 3 heteroatoms. The Kier molecular flexibility index (Phi) is 2.35. The van der Waals surface area contributed by atoms with Crippen LogP contribution in [0.15, 0.2) is 30.5 Å². The smallest absolute Gasteiger partial charge is 0.147 e. The zero-order valence-electron chi connectivity index (χ0n) is 11.2. The van der Waals surface area contributed by atoms with Crippen molar-refractivity contribution in [2.45, 2.75) is 26.9 Å². The van der Waals surface area contributed by atoms with E-state index in [1.54, 1.807) is 0 Å². The Labute approximate surface area is 109 Å². The second-order valence-corrected chi connectivity index (χ2v) is 9.75. The van der Waals surface area contributed by atoms with E-state index in [9.17, 15) is 0 Å². The molecule has 18 heavy (non-hydrogen) atoms. The Morgan fingerprint density at radius 3 is 2.50 bits per heavy atom. The van der Waals surface area contributed by atoms with E-state index >= 15 is 0 Å². The van der Waals surface area contributed by atoms with Crippen molar-refractivity contribution in [3.63, 3.8) is 0 Å². The first kappa shape index (κ1) is 11.5. The van der Waals surface area contributed by atoms with Gasteiger partial charge in [0.1, 0.15) is 19.6 Å². The standard InChI is InChI=1S/C15H17NOSi/c1-10-6-5-7-12-13(10)17-14-11(2)8-9-16-15(14)18(12,3)4/h5-9H,1-4H3. The van der Waals surface area contributed by atoms with Gasteiger partial charge in [-0.25, -0.2) is 0 Å². The lowest BCUT2D eigenvalue weighted by molar-refractivity contribution is 0.477. The minimum absolute atomic E-state index is 0.982. The summed E-state index contributed by atoms with van der Waals surface area (Å²) < 4.78 is 6.15. The zero-order chi connectivity index (χ0) is 12.9. The number of aromatic nitrogens is 1. The van der Waals surface area contributed by atoms with Crippen molar-refractivity contribution in [2.75, 3.05) is 0 Å². The van der Waals surface area contributed by atoms with Crippen LogP contribution in [0.2, 0.25) is 13.1 Å². The Bertz CT molecular complexity index is 581. The summed E-state index contributed by atoms with van der Waals surface area (Å²) >= 11 is 0. The van der Waals surface area contributed by atoms with Crippen molar-refractivity contribution in [1.29, 1.82) is 0 Å². The monoisotopic (exact) mass is 255 g/mol. The molecule has 0 fully saturated rings. The predicted molar refractivity (Wildman–Crippen MR) is 77.0 cm³/mol. The van der Waals surface area contributed by atoms with Crippen LogP contribution >= 0.6 is 0 Å². The first-order chi connectivity index (χ1) is 8.51. The van der Waals surface area contributed by atoms with Crippen LogP contribution in [0.1, 0.15) is 11.1 Å². The highest BCUT2D eigenvalue weighted by atomic mass is 28.3. The predicted octanol–water partition coefficient (Wildman–Crippen LogP) is 2.63. The quantitative estimate of drug-likeness (QED) is 0.675. The molecule has 92 valence electrons. The van der Waals surface area contributed by atoms with Crippen LogP contribution in [0.5, 0.6) is 11.5 Å². The van der Waals surface area contributed by atoms with E-state index < -0.39 is 8.07 Å². The molecule has 0 spiro atoms. The molecule has 2 heterocycles. The maximum atomic E-state index is 6.15. The van der Waals surface area contributed by atoms with E-state index in [1.807, 2.05) is 12.3 Å². The van der Waals surface area contributed by atoms with Gasteiger partial charge in [-0.05, 0) is 36.2 Å². The molecule has 1 aromatic heterocycles. The lowest BCUT2D eigenvalue weighted by Crippen LogP contribution is -2.57. The van der Waals surface area contributed by atoms with E-state index in [0.29, 0.717) is 0 Å². The Morgan fingerprint density at radius 2 is 1.72 bits per heavy atom. The fourth-order valence-electron chi connectivity index (χ4n) is 2.63. The van der Waals surface area contributed by atoms with Gasteiger partial charge in [-0.2, -0.15) is 0 Å². The summed E-state index contributed by atoms with van der Waals surface area (Å²) in [4.78, 5) is 4.60. The van der Waals surface area contributed by atoms with Gasteiger partial charge in [-0.3, -0.25) is 4.98 Å². The number of fused-ring (bicyclic) bond motifs is 2. The fourth-order valence-corrected chi connectivity index (χ4v) is 5.43. The molecular weight excluding hydrogens is 238 g/mol. The third-order valence-corrected chi connectivity index (χ3v) is 7.06. The summed E-state index contributed by atoms with van der Waals surface area (Å²) in [6.45, 7) is 8.90. The highest BCUT2D eigenvalue weighted by molar-refractivity contribution is 7.01. The van der Waals surface area contributed by atoms with Gasteiger partial charge in [-0.15, -0.1) is 0 Å². The van der Waals surface area contributed by atoms with Crippen LogP contribution in [0.4, 0.5) is 0 Å². The normalized spacial score (nSPS) is 15.6. The lowest BCUT2D eigenvalue weighted by atomic mass is 10.2. The molecular formula is C15H17NOSi. The number of pyridine rings is 1. The lowest BCUT2D eigenvalue weighted by Gasteiger charge is -2.33. The van der Waals surface area contributed by atoms with Crippen molar-refractivity contribution in [1.82, 2.24) is 4.98 Å². The van der Waals surface area contributed by atoms with Crippen LogP contribution in [0, 0.1) is 13.8 Å². The number of hydrogen-bond donors (Lipinski definition) is 0. The number of rotatable bonds is 0. The third kappa shape index (κ3) is 1.44. The number of benzene rings is 1. The summed E-state index contributed by atoms with van der Waals surface area (Å²) in [6, 6.07) is 8.45. The van der Waals surface area contributed by atoms with E-state index in [4.69, 9.17) is 4.74 Å². The van der Waals surface area contributed by atoms with Crippen molar-refractivity contribution in [3.8, 4) is 11.5 Å². The molecule has 0 atom stereocenters. The summed E-state index contributed by atoms with van der Waals surface area (Å²) in [5.74, 6) is 2.04. The fraction of sp³-hybridized carbons (Fsp3) is 0.267. The van der Waals surface area contributed by atoms with Gasteiger partial charge in [0.15, 0.2) is 0 Å². The molecule has 3 rings (SSSR count). The SMILES string of the molecule is Cc1cccc2c1Oc1c(C)ccnc1[Si]2(C)C. The number of nitrogens with zero attached hydrogens (tertiary/aromatic N) is 1. The van der Waals surface area contributed by atoms with Crippen LogP contribution < -0.4 is 15.2 Å². The van der Waals surface area contributed by atoms with Crippen LogP contribution in [-0.4, -0.2) is 13.1 Å². The summed E-state index contributed by atoms with van der Waals surface area (Å²) in [5, 5.41) is 2.52. The average molecular weight is 255 g/mol. The molecule has 1 aliphatic rings. The second-order valence-electron chi connectivity index (χ2n) is 5.48. The first-order valence-electron chi connectivity index (χ1n) is 6.26. The van der Waals surface area contributed by atoms with Crippen LogP contribution in [0.3, 0.4) is 0 Å². The number of aryl methyl sites for hydroxylation is 2. The molecule has 0 aliphatic carbocycles. The van der Waals surface area contributed by atoms with Gasteiger partial charge in [0.2, 0.25) is 0 Å². The highest BCUT2D eigenvalue weighted by Gasteiger charge is 2.38. The van der Waals surface area contributed by atoms with E-state index in [2.05, 4.69) is 50.1 Å². The molecule has 1 aromatic carbocycles. The molecule has 2 aromatic rings. The maximum absolute atomic E-state index is 6.15. The molecule has 0 amide bonds. The number of ether oxygens (including phenoxy) is 1. The van der Waals surface area contributed by atoms with Crippen molar-refractivity contribution in [2.24, 2.45) is 0 Å². The molecule has 0 N–H and O–H groups in total. The summed E-state index contributed by atoms with van der Waals surface area (Å²) in [6.07, 6.45) is 1.90. The van der Waals surface area contributed by atoms with E-state index in [-0.39, 0.29) is 0 Å². The Morgan fingerprint density at radius 1 is 1.00 bits per heavy atom. The molecule has 0 bridgehead atoms. The van der Waals surface area contributed by atoms with Gasteiger partial charge >= 0.3 is 0 Å². The van der Waals surface area contributed by atoms with Crippen LogP contribution in [0.25, 0.3) is 0 Å². The molecule has 2 nitrogen and oxygen atoms in total. The maximum Gasteiger partial charge on any atom is 0.147 e.